The van der Waals surface area contributed by atoms with Crippen molar-refractivity contribution in [3.05, 3.63) is 41.4 Å². The highest BCUT2D eigenvalue weighted by atomic mass is 32.1. The maximum absolute atomic E-state index is 12.6. The molecule has 1 amide bonds. The van der Waals surface area contributed by atoms with Crippen molar-refractivity contribution >= 4 is 27.3 Å². The Morgan fingerprint density at radius 1 is 1.43 bits per heavy atom. The summed E-state index contributed by atoms with van der Waals surface area (Å²) in [5.74, 6) is 0.833. The molecule has 1 aromatic heterocycles. The van der Waals surface area contributed by atoms with Crippen molar-refractivity contribution in [2.75, 3.05) is 7.11 Å². The maximum atomic E-state index is 12.6. The first-order chi connectivity index (χ1) is 11.0. The van der Waals surface area contributed by atoms with Crippen molar-refractivity contribution in [3.8, 4) is 5.75 Å². The number of hydrogen-bond acceptors (Lipinski definition) is 4. The molecule has 1 heterocycles. The Morgan fingerprint density at radius 3 is 2.78 bits per heavy atom. The van der Waals surface area contributed by atoms with Crippen LogP contribution in [0.15, 0.2) is 31.0 Å². The fourth-order valence-corrected chi connectivity index (χ4v) is 3.94. The molecule has 2 N–H and O–H groups in total. The largest absolute Gasteiger partial charge is 0.496 e. The van der Waals surface area contributed by atoms with Crippen LogP contribution in [-0.4, -0.2) is 24.6 Å². The van der Waals surface area contributed by atoms with E-state index in [1.54, 1.807) is 13.3 Å². The van der Waals surface area contributed by atoms with Gasteiger partial charge in [0, 0.05) is 10.7 Å². The summed E-state index contributed by atoms with van der Waals surface area (Å²) in [6.07, 6.45) is 3.83. The molecule has 2 aromatic rings. The van der Waals surface area contributed by atoms with Crippen LogP contribution in [0.3, 0.4) is 0 Å². The third-order valence-electron chi connectivity index (χ3n) is 4.61. The third kappa shape index (κ3) is 2.93. The summed E-state index contributed by atoms with van der Waals surface area (Å²) in [7, 11) is 1.67. The minimum absolute atomic E-state index is 0.0199. The van der Waals surface area contributed by atoms with E-state index in [1.807, 2.05) is 26.0 Å². The molecular formula is C18H22N2O2S. The van der Waals surface area contributed by atoms with Gasteiger partial charge in [-0.25, -0.2) is 0 Å². The van der Waals surface area contributed by atoms with Gasteiger partial charge in [0.15, 0.2) is 0 Å². The second-order valence-corrected chi connectivity index (χ2v) is 7.25. The quantitative estimate of drug-likeness (QED) is 0.851. The number of benzene rings is 1. The van der Waals surface area contributed by atoms with E-state index >= 15 is 0 Å². The maximum Gasteiger partial charge on any atom is 0.261 e. The fourth-order valence-electron chi connectivity index (χ4n) is 2.96. The van der Waals surface area contributed by atoms with Crippen molar-refractivity contribution in [1.29, 1.82) is 0 Å². The number of amides is 1. The first kappa shape index (κ1) is 15.9. The molecule has 1 aliphatic carbocycles. The number of fused-ring (bicyclic) bond motifs is 1. The highest BCUT2D eigenvalue weighted by Gasteiger charge is 2.47. The predicted octanol–water partition coefficient (Wildman–Crippen LogP) is 3.60. The molecule has 1 saturated carbocycles. The second-order valence-electron chi connectivity index (χ2n) is 6.17. The van der Waals surface area contributed by atoms with Gasteiger partial charge in [-0.15, -0.1) is 11.3 Å². The molecule has 0 aliphatic heterocycles. The van der Waals surface area contributed by atoms with Gasteiger partial charge in [0.25, 0.3) is 5.91 Å². The molecule has 5 heteroatoms. The van der Waals surface area contributed by atoms with Crippen LogP contribution in [0, 0.1) is 6.92 Å². The van der Waals surface area contributed by atoms with Gasteiger partial charge in [0.05, 0.1) is 17.5 Å². The second kappa shape index (κ2) is 5.89. The lowest BCUT2D eigenvalue weighted by atomic mass is 10.1. The monoisotopic (exact) mass is 330 g/mol. The van der Waals surface area contributed by atoms with Crippen LogP contribution in [0.1, 0.15) is 35.0 Å². The molecule has 1 atom stereocenters. The van der Waals surface area contributed by atoms with Crippen molar-refractivity contribution in [2.24, 2.45) is 0 Å². The smallest absolute Gasteiger partial charge is 0.261 e. The average molecular weight is 330 g/mol. The number of carbonyl (C=O) groups excluding carboxylic acids is 1. The average Bonchev–Trinajstić information content (AvgIpc) is 3.19. The lowest BCUT2D eigenvalue weighted by Gasteiger charge is -2.24. The molecule has 1 fully saturated rings. The van der Waals surface area contributed by atoms with Crippen LogP contribution in [0.2, 0.25) is 0 Å². The molecule has 122 valence electrons. The Kier molecular flexibility index (Phi) is 4.06. The number of nitrogens with one attached hydrogen (secondary N) is 2. The van der Waals surface area contributed by atoms with Crippen LogP contribution in [0.4, 0.5) is 0 Å². The van der Waals surface area contributed by atoms with E-state index in [-0.39, 0.29) is 17.5 Å². The van der Waals surface area contributed by atoms with E-state index in [0.29, 0.717) is 0 Å². The standard InChI is InChI=1S/C18H22N2O2S/c1-5-19-18(6-7-18)12(3)20-17(21)16-9-13-8-11(2)14(22-4)10-15(13)23-16/h5,8-10,12,19H,1,6-7H2,2-4H3,(H,20,21). The summed E-state index contributed by atoms with van der Waals surface area (Å²) >= 11 is 1.50. The van der Waals surface area contributed by atoms with Crippen LogP contribution in [-0.2, 0) is 0 Å². The zero-order chi connectivity index (χ0) is 16.6. The van der Waals surface area contributed by atoms with Crippen molar-refractivity contribution < 1.29 is 9.53 Å². The summed E-state index contributed by atoms with van der Waals surface area (Å²) < 4.78 is 6.42. The summed E-state index contributed by atoms with van der Waals surface area (Å²) in [5.41, 5.74) is 1.05. The number of methoxy groups -OCH3 is 1. The predicted molar refractivity (Wildman–Crippen MR) is 95.3 cm³/mol. The molecule has 1 unspecified atom stereocenters. The van der Waals surface area contributed by atoms with Crippen molar-refractivity contribution in [1.82, 2.24) is 10.6 Å². The van der Waals surface area contributed by atoms with Crippen molar-refractivity contribution in [3.63, 3.8) is 0 Å². The Labute approximate surface area is 140 Å². The molecule has 4 nitrogen and oxygen atoms in total. The van der Waals surface area contributed by atoms with Crippen LogP contribution < -0.4 is 15.4 Å². The van der Waals surface area contributed by atoms with Crippen LogP contribution in [0.25, 0.3) is 10.1 Å². The first-order valence-electron chi connectivity index (χ1n) is 7.77. The molecule has 0 saturated heterocycles. The highest BCUT2D eigenvalue weighted by Crippen LogP contribution is 2.39. The molecule has 0 radical (unpaired) electrons. The van der Waals surface area contributed by atoms with Gasteiger partial charge in [0.2, 0.25) is 0 Å². The lowest BCUT2D eigenvalue weighted by Crippen LogP contribution is -2.48. The summed E-state index contributed by atoms with van der Waals surface area (Å²) in [5, 5.41) is 7.47. The zero-order valence-electron chi connectivity index (χ0n) is 13.7. The summed E-state index contributed by atoms with van der Waals surface area (Å²) in [6, 6.07) is 6.08. The number of ether oxygens (including phenoxy) is 1. The highest BCUT2D eigenvalue weighted by molar-refractivity contribution is 7.20. The number of aryl methyl sites for hydroxylation is 1. The normalized spacial score (nSPS) is 16.7. The van der Waals surface area contributed by atoms with E-state index in [0.717, 1.165) is 39.1 Å². The van der Waals surface area contributed by atoms with E-state index in [1.165, 1.54) is 11.3 Å². The Bertz CT molecular complexity index is 762. The van der Waals surface area contributed by atoms with Gasteiger partial charge >= 0.3 is 0 Å². The SMILES string of the molecule is C=CNC1(C(C)NC(=O)c2cc3cc(C)c(OC)cc3s2)CC1. The number of carbonyl (C=O) groups is 1. The molecular weight excluding hydrogens is 308 g/mol. The fraction of sp³-hybridized carbons (Fsp3) is 0.389. The Balaban J connectivity index is 1.80. The summed E-state index contributed by atoms with van der Waals surface area (Å²) in [6.45, 7) is 7.78. The first-order valence-corrected chi connectivity index (χ1v) is 8.58. The zero-order valence-corrected chi connectivity index (χ0v) is 14.5. The summed E-state index contributed by atoms with van der Waals surface area (Å²) in [4.78, 5) is 13.3. The van der Waals surface area contributed by atoms with Gasteiger partial charge in [-0.05, 0) is 62.0 Å². The Hall–Kier alpha value is -2.01. The van der Waals surface area contributed by atoms with Gasteiger partial charge < -0.3 is 15.4 Å². The van der Waals surface area contributed by atoms with E-state index in [9.17, 15) is 4.79 Å². The van der Waals surface area contributed by atoms with E-state index < -0.39 is 0 Å². The number of thiophene rings is 1. The van der Waals surface area contributed by atoms with Crippen LogP contribution in [0.5, 0.6) is 5.75 Å². The number of rotatable bonds is 6. The molecule has 0 spiro atoms. The van der Waals surface area contributed by atoms with Gasteiger partial charge in [-0.3, -0.25) is 4.79 Å². The third-order valence-corrected chi connectivity index (χ3v) is 5.71. The van der Waals surface area contributed by atoms with Gasteiger partial charge in [-0.2, -0.15) is 0 Å². The van der Waals surface area contributed by atoms with Gasteiger partial charge in [0.1, 0.15) is 5.75 Å². The lowest BCUT2D eigenvalue weighted by molar-refractivity contribution is 0.0934. The Morgan fingerprint density at radius 2 is 2.17 bits per heavy atom. The molecule has 1 aliphatic rings. The van der Waals surface area contributed by atoms with E-state index in [4.69, 9.17) is 4.74 Å². The number of hydrogen-bond donors (Lipinski definition) is 2. The topological polar surface area (TPSA) is 50.4 Å². The molecule has 1 aromatic carbocycles. The van der Waals surface area contributed by atoms with Crippen molar-refractivity contribution in [2.45, 2.75) is 38.3 Å². The molecule has 23 heavy (non-hydrogen) atoms. The van der Waals surface area contributed by atoms with E-state index in [2.05, 4.69) is 23.3 Å². The van der Waals surface area contributed by atoms with Gasteiger partial charge in [-0.1, -0.05) is 6.58 Å². The molecule has 0 bridgehead atoms. The molecule has 3 rings (SSSR count). The minimum atomic E-state index is -0.0209. The van der Waals surface area contributed by atoms with Crippen LogP contribution >= 0.6 is 11.3 Å². The minimum Gasteiger partial charge on any atom is -0.496 e.